The molecular formula is C20H30O3. The zero-order valence-electron chi connectivity index (χ0n) is 14.4. The van der Waals surface area contributed by atoms with E-state index in [-0.39, 0.29) is 11.4 Å². The molecule has 3 nitrogen and oxygen atoms in total. The Labute approximate surface area is 139 Å². The van der Waals surface area contributed by atoms with Crippen molar-refractivity contribution >= 4 is 11.8 Å². The number of carbonyl (C=O) groups excluding carboxylic acids is 2. The van der Waals surface area contributed by atoms with Gasteiger partial charge in [-0.1, -0.05) is 6.42 Å². The van der Waals surface area contributed by atoms with E-state index in [4.69, 9.17) is 4.74 Å². The molecule has 4 fully saturated rings. The second kappa shape index (κ2) is 5.89. The Morgan fingerprint density at radius 1 is 1.09 bits per heavy atom. The zero-order chi connectivity index (χ0) is 16.0. The van der Waals surface area contributed by atoms with E-state index >= 15 is 0 Å². The number of hydrogen-bond acceptors (Lipinski definition) is 3. The standard InChI is InChI=1S/C20H30O3/c1-13(21)23-12-20-9-2-3-19(20)18-6-4-14-11-15(22)5-7-16(14)17(18)8-10-20/h14,16-19H,2-12H2,1H3/t14-,16-,17+,18+,19-,20-/m0/s1. The van der Waals surface area contributed by atoms with E-state index in [9.17, 15) is 9.59 Å². The normalized spacial score (nSPS) is 45.8. The Morgan fingerprint density at radius 2 is 1.96 bits per heavy atom. The van der Waals surface area contributed by atoms with Crippen molar-refractivity contribution in [1.29, 1.82) is 0 Å². The summed E-state index contributed by atoms with van der Waals surface area (Å²) in [4.78, 5) is 23.1. The van der Waals surface area contributed by atoms with E-state index < -0.39 is 0 Å². The molecule has 4 aliphatic rings. The van der Waals surface area contributed by atoms with E-state index in [0.29, 0.717) is 18.3 Å². The van der Waals surface area contributed by atoms with Crippen LogP contribution in [-0.4, -0.2) is 18.4 Å². The third-order valence-corrected chi connectivity index (χ3v) is 7.85. The van der Waals surface area contributed by atoms with Gasteiger partial charge in [-0.25, -0.2) is 0 Å². The van der Waals surface area contributed by atoms with Gasteiger partial charge in [0, 0.05) is 25.2 Å². The lowest BCUT2D eigenvalue weighted by molar-refractivity contribution is -0.150. The van der Waals surface area contributed by atoms with Crippen LogP contribution in [-0.2, 0) is 14.3 Å². The van der Waals surface area contributed by atoms with Gasteiger partial charge < -0.3 is 4.74 Å². The maximum Gasteiger partial charge on any atom is 0.302 e. The maximum absolute atomic E-state index is 11.8. The summed E-state index contributed by atoms with van der Waals surface area (Å²) in [6, 6.07) is 0. The quantitative estimate of drug-likeness (QED) is 0.719. The molecule has 0 radical (unpaired) electrons. The molecule has 0 unspecified atom stereocenters. The molecule has 4 saturated carbocycles. The first-order chi connectivity index (χ1) is 11.1. The summed E-state index contributed by atoms with van der Waals surface area (Å²) in [5.41, 5.74) is 0.282. The number of fused-ring (bicyclic) bond motifs is 5. The summed E-state index contributed by atoms with van der Waals surface area (Å²) in [5.74, 6) is 4.30. The highest BCUT2D eigenvalue weighted by Crippen LogP contribution is 2.62. The molecule has 0 bridgehead atoms. The van der Waals surface area contributed by atoms with Crippen molar-refractivity contribution < 1.29 is 14.3 Å². The highest BCUT2D eigenvalue weighted by Gasteiger charge is 2.55. The van der Waals surface area contributed by atoms with Crippen LogP contribution in [0.4, 0.5) is 0 Å². The molecule has 3 heteroatoms. The fourth-order valence-corrected chi connectivity index (χ4v) is 6.95. The van der Waals surface area contributed by atoms with Crippen molar-refractivity contribution in [1.82, 2.24) is 0 Å². The van der Waals surface area contributed by atoms with Crippen molar-refractivity contribution in [3.05, 3.63) is 0 Å². The number of hydrogen-bond donors (Lipinski definition) is 0. The molecule has 0 amide bonds. The van der Waals surface area contributed by atoms with Gasteiger partial charge in [-0.3, -0.25) is 9.59 Å². The summed E-state index contributed by atoms with van der Waals surface area (Å²) in [5, 5.41) is 0. The summed E-state index contributed by atoms with van der Waals surface area (Å²) >= 11 is 0. The highest BCUT2D eigenvalue weighted by atomic mass is 16.5. The summed E-state index contributed by atoms with van der Waals surface area (Å²) in [7, 11) is 0. The van der Waals surface area contributed by atoms with Crippen molar-refractivity contribution in [2.45, 2.75) is 71.1 Å². The molecule has 0 aromatic rings. The molecule has 0 spiro atoms. The first-order valence-corrected chi connectivity index (χ1v) is 9.74. The van der Waals surface area contributed by atoms with Gasteiger partial charge in [-0.2, -0.15) is 0 Å². The Hall–Kier alpha value is -0.860. The molecule has 0 aliphatic heterocycles. The molecule has 128 valence electrons. The smallest absolute Gasteiger partial charge is 0.302 e. The average molecular weight is 318 g/mol. The van der Waals surface area contributed by atoms with E-state index in [2.05, 4.69) is 0 Å². The molecule has 4 rings (SSSR count). The highest BCUT2D eigenvalue weighted by molar-refractivity contribution is 5.79. The number of ether oxygens (including phenoxy) is 1. The van der Waals surface area contributed by atoms with Crippen molar-refractivity contribution in [2.24, 2.45) is 35.0 Å². The number of esters is 1. The molecule has 0 aromatic carbocycles. The molecule has 23 heavy (non-hydrogen) atoms. The lowest BCUT2D eigenvalue weighted by Gasteiger charge is -2.55. The van der Waals surface area contributed by atoms with Crippen LogP contribution in [0.25, 0.3) is 0 Å². The first-order valence-electron chi connectivity index (χ1n) is 9.74. The van der Waals surface area contributed by atoms with Gasteiger partial charge in [0.1, 0.15) is 5.78 Å². The Kier molecular flexibility index (Phi) is 4.01. The third kappa shape index (κ3) is 2.64. The van der Waals surface area contributed by atoms with E-state index in [0.717, 1.165) is 42.9 Å². The van der Waals surface area contributed by atoms with Crippen molar-refractivity contribution in [3.63, 3.8) is 0 Å². The van der Waals surface area contributed by atoms with Crippen LogP contribution < -0.4 is 0 Å². The van der Waals surface area contributed by atoms with E-state index in [1.165, 1.54) is 51.9 Å². The fraction of sp³-hybridized carbons (Fsp3) is 0.900. The number of Topliss-reactive ketones (excluding diaryl/α,β-unsaturated/α-hetero) is 1. The average Bonchev–Trinajstić information content (AvgIpc) is 2.97. The summed E-state index contributed by atoms with van der Waals surface area (Å²) in [6.07, 6.45) is 11.8. The number of rotatable bonds is 2. The largest absolute Gasteiger partial charge is 0.465 e. The van der Waals surface area contributed by atoms with Crippen LogP contribution in [0.3, 0.4) is 0 Å². The molecule has 6 atom stereocenters. The molecule has 0 aromatic heterocycles. The second-order valence-corrected chi connectivity index (χ2v) is 8.79. The third-order valence-electron chi connectivity index (χ3n) is 7.85. The molecule has 4 aliphatic carbocycles. The minimum Gasteiger partial charge on any atom is -0.465 e. The summed E-state index contributed by atoms with van der Waals surface area (Å²) < 4.78 is 5.50. The zero-order valence-corrected chi connectivity index (χ0v) is 14.4. The van der Waals surface area contributed by atoms with Gasteiger partial charge in [-0.05, 0) is 74.5 Å². The van der Waals surface area contributed by atoms with Crippen LogP contribution in [0.2, 0.25) is 0 Å². The second-order valence-electron chi connectivity index (χ2n) is 8.79. The van der Waals surface area contributed by atoms with Crippen LogP contribution in [0.1, 0.15) is 71.1 Å². The fourth-order valence-electron chi connectivity index (χ4n) is 6.95. The van der Waals surface area contributed by atoms with Crippen LogP contribution >= 0.6 is 0 Å². The lowest BCUT2D eigenvalue weighted by atomic mass is 9.50. The lowest BCUT2D eigenvalue weighted by Crippen LogP contribution is -2.49. The first kappa shape index (κ1) is 15.7. The maximum atomic E-state index is 11.8. The minimum absolute atomic E-state index is 0.123. The predicted molar refractivity (Wildman–Crippen MR) is 87.7 cm³/mol. The van der Waals surface area contributed by atoms with Crippen LogP contribution in [0.15, 0.2) is 0 Å². The Morgan fingerprint density at radius 3 is 2.78 bits per heavy atom. The van der Waals surface area contributed by atoms with Gasteiger partial charge in [0.25, 0.3) is 0 Å². The van der Waals surface area contributed by atoms with E-state index in [1.807, 2.05) is 0 Å². The Balaban J connectivity index is 1.52. The van der Waals surface area contributed by atoms with Gasteiger partial charge in [0.2, 0.25) is 0 Å². The molecular weight excluding hydrogens is 288 g/mol. The van der Waals surface area contributed by atoms with Crippen molar-refractivity contribution in [3.8, 4) is 0 Å². The summed E-state index contributed by atoms with van der Waals surface area (Å²) in [6.45, 7) is 2.19. The predicted octanol–water partition coefficient (Wildman–Crippen LogP) is 4.14. The van der Waals surface area contributed by atoms with Gasteiger partial charge in [0.05, 0.1) is 6.61 Å². The number of carbonyl (C=O) groups is 2. The van der Waals surface area contributed by atoms with Gasteiger partial charge in [0.15, 0.2) is 0 Å². The van der Waals surface area contributed by atoms with Gasteiger partial charge in [-0.15, -0.1) is 0 Å². The molecule has 0 saturated heterocycles. The molecule has 0 heterocycles. The SMILES string of the molecule is CC(=O)OC[C@@]12CCC[C@H]1[C@@H]1CC[C@H]3CC(=O)CC[C@@H]3[C@H]1CC2. The van der Waals surface area contributed by atoms with Crippen LogP contribution in [0.5, 0.6) is 0 Å². The minimum atomic E-state index is -0.123. The van der Waals surface area contributed by atoms with Crippen LogP contribution in [0, 0.1) is 35.0 Å². The molecule has 0 N–H and O–H groups in total. The van der Waals surface area contributed by atoms with E-state index in [1.54, 1.807) is 0 Å². The Bertz CT molecular complexity index is 499. The van der Waals surface area contributed by atoms with Gasteiger partial charge >= 0.3 is 5.97 Å². The number of ketones is 1. The van der Waals surface area contributed by atoms with Crippen molar-refractivity contribution in [2.75, 3.05) is 6.61 Å². The topological polar surface area (TPSA) is 43.4 Å². The monoisotopic (exact) mass is 318 g/mol.